The smallest absolute Gasteiger partial charge is 0.0798 e. The molecule has 9 aromatic rings. The van der Waals surface area contributed by atoms with Crippen LogP contribution in [0, 0.1) is 24.0 Å². The first-order valence-electron chi connectivity index (χ1n) is 21.5. The number of aromatic nitrogens is 3. The molecule has 0 saturated heterocycles. The number of thiophene rings is 1. The second-order valence-electron chi connectivity index (χ2n) is 19.1. The Balaban J connectivity index is 0.000000226. The summed E-state index contributed by atoms with van der Waals surface area (Å²) in [7, 11) is -2.86. The van der Waals surface area contributed by atoms with Gasteiger partial charge < -0.3 is 14.5 Å². The van der Waals surface area contributed by atoms with Crippen molar-refractivity contribution in [1.82, 2.24) is 14.5 Å². The van der Waals surface area contributed by atoms with Crippen molar-refractivity contribution < 1.29 is 20.1 Å². The van der Waals surface area contributed by atoms with Crippen LogP contribution in [0.2, 0.25) is 39.3 Å². The number of hydrogen-bond donors (Lipinski definition) is 0. The quantitative estimate of drug-likeness (QED) is 0.107. The maximum Gasteiger partial charge on any atom is 0.0798 e. The Bertz CT molecular complexity index is 2920. The van der Waals surface area contributed by atoms with Crippen molar-refractivity contribution in [2.24, 2.45) is 11.8 Å². The zero-order chi connectivity index (χ0) is 42.3. The van der Waals surface area contributed by atoms with Crippen LogP contribution in [0.3, 0.4) is 0 Å². The Hall–Kier alpha value is -4.50. The molecule has 61 heavy (non-hydrogen) atoms. The van der Waals surface area contributed by atoms with Gasteiger partial charge in [0.2, 0.25) is 0 Å². The van der Waals surface area contributed by atoms with Crippen molar-refractivity contribution >= 4 is 79.8 Å². The molecule has 0 aliphatic rings. The normalized spacial score (nSPS) is 12.1. The molecule has 1 radical (unpaired) electrons. The molecule has 9 rings (SSSR count). The average molecular weight is 1030 g/mol. The molecule has 7 heteroatoms. The summed E-state index contributed by atoms with van der Waals surface area (Å²) in [6.07, 6.45) is 6.49. The number of benzene rings is 5. The third-order valence-corrected chi connectivity index (χ3v) is 16.7. The summed E-state index contributed by atoms with van der Waals surface area (Å²) in [5.41, 5.74) is 10.8. The summed E-state index contributed by atoms with van der Waals surface area (Å²) in [6, 6.07) is 48.2. The van der Waals surface area contributed by atoms with E-state index in [9.17, 15) is 0 Å². The van der Waals surface area contributed by atoms with Crippen LogP contribution in [0.4, 0.5) is 0 Å². The van der Waals surface area contributed by atoms with Crippen molar-refractivity contribution in [3.63, 3.8) is 0 Å². The van der Waals surface area contributed by atoms with Crippen LogP contribution in [0.25, 0.3) is 70.2 Å². The molecule has 5 aromatic carbocycles. The minimum absolute atomic E-state index is 0. The van der Waals surface area contributed by atoms with Gasteiger partial charge >= 0.3 is 0 Å². The van der Waals surface area contributed by atoms with Crippen LogP contribution < -0.4 is 10.4 Å². The predicted octanol–water partition coefficient (Wildman–Crippen LogP) is 14.0. The number of pyridine rings is 2. The number of fused-ring (bicyclic) bond motifs is 6. The molecule has 3 nitrogen and oxygen atoms in total. The Kier molecular flexibility index (Phi) is 13.2. The fourth-order valence-corrected chi connectivity index (χ4v) is 13.1. The van der Waals surface area contributed by atoms with Crippen molar-refractivity contribution in [2.75, 3.05) is 0 Å². The predicted molar refractivity (Wildman–Crippen MR) is 267 cm³/mol. The Labute approximate surface area is 382 Å². The van der Waals surface area contributed by atoms with E-state index in [-0.39, 0.29) is 20.1 Å². The second-order valence-corrected chi connectivity index (χ2v) is 30.3. The van der Waals surface area contributed by atoms with Crippen LogP contribution in [0.1, 0.15) is 38.8 Å². The first-order chi connectivity index (χ1) is 28.7. The first-order valence-corrected chi connectivity index (χ1v) is 29.3. The Morgan fingerprint density at radius 2 is 1.11 bits per heavy atom. The Morgan fingerprint density at radius 1 is 0.607 bits per heavy atom. The fourth-order valence-electron chi connectivity index (χ4n) is 8.70. The van der Waals surface area contributed by atoms with Gasteiger partial charge in [-0.05, 0) is 80.4 Å². The second kappa shape index (κ2) is 18.1. The van der Waals surface area contributed by atoms with E-state index in [0.29, 0.717) is 11.8 Å². The van der Waals surface area contributed by atoms with Gasteiger partial charge in [-0.25, -0.2) is 0 Å². The summed E-state index contributed by atoms with van der Waals surface area (Å²) in [4.78, 5) is 9.79. The number of para-hydroxylation sites is 2. The van der Waals surface area contributed by atoms with Crippen molar-refractivity contribution in [2.45, 2.75) is 79.8 Å². The van der Waals surface area contributed by atoms with Crippen LogP contribution >= 0.6 is 11.3 Å². The van der Waals surface area contributed by atoms with Gasteiger partial charge in [-0.1, -0.05) is 150 Å². The van der Waals surface area contributed by atoms with Gasteiger partial charge in [0.15, 0.2) is 0 Å². The molecule has 0 saturated carbocycles. The van der Waals surface area contributed by atoms with Gasteiger partial charge in [0.1, 0.15) is 0 Å². The number of rotatable bonds is 9. The minimum atomic E-state index is -1.52. The molecular weight excluding hydrogens is 971 g/mol. The zero-order valence-corrected chi connectivity index (χ0v) is 42.5. The first kappa shape index (κ1) is 44.6. The average Bonchev–Trinajstić information content (AvgIpc) is 3.77. The maximum absolute atomic E-state index is 5.10. The van der Waals surface area contributed by atoms with E-state index >= 15 is 0 Å². The molecular formula is C54H57IrN3SSi2-2. The maximum atomic E-state index is 5.10. The molecule has 4 aromatic heterocycles. The molecule has 0 aliphatic carbocycles. The third kappa shape index (κ3) is 9.19. The Morgan fingerprint density at radius 3 is 1.66 bits per heavy atom. The zero-order valence-electron chi connectivity index (χ0n) is 37.3. The van der Waals surface area contributed by atoms with E-state index in [4.69, 9.17) is 4.98 Å². The molecule has 0 aliphatic heterocycles. The largest absolute Gasteiger partial charge is 0.350 e. The molecule has 0 unspecified atom stereocenters. The van der Waals surface area contributed by atoms with Gasteiger partial charge in [0, 0.05) is 59.0 Å². The third-order valence-electron chi connectivity index (χ3n) is 11.3. The summed E-state index contributed by atoms with van der Waals surface area (Å²) < 4.78 is 4.98. The van der Waals surface area contributed by atoms with Gasteiger partial charge in [-0.2, -0.15) is 11.3 Å². The van der Waals surface area contributed by atoms with E-state index in [1.165, 1.54) is 69.2 Å². The standard InChI is InChI=1S/C36H33N2SSi.C18H24NSi.Ir/c1-23(2)20-24-21-29(37-22-34(24)40(3,4)5)27-18-19-32(35-28-14-8-11-17-33(28)39-36(27)35)38-30-15-9-6-12-25(30)26-13-7-10-16-31(26)38;1-14(2)11-16-12-17(15-9-7-6-8-10-15)19-13-18(16)20(3,4)5;/h6-17,19,21-23H,20H2,1-5H3;6-9,12-14H,11H2,1-5H3;/q2*-1;. The van der Waals surface area contributed by atoms with Crippen molar-refractivity contribution in [1.29, 1.82) is 0 Å². The molecule has 0 N–H and O–H groups in total. The number of hydrogen-bond acceptors (Lipinski definition) is 3. The van der Waals surface area contributed by atoms with Crippen LogP contribution in [0.15, 0.2) is 128 Å². The summed E-state index contributed by atoms with van der Waals surface area (Å²) in [5, 5.41) is 8.08. The van der Waals surface area contributed by atoms with Crippen LogP contribution in [-0.2, 0) is 32.9 Å². The van der Waals surface area contributed by atoms with Gasteiger partial charge in [-0.3, -0.25) is 0 Å². The SMILES string of the molecule is CC(C)Cc1cc(-c2[c-]cc(-n3c4ccccc4c4ccccc43)c3c2sc2ccccc23)ncc1[Si](C)(C)C.CC(C)Cc1cc(-c2[c-]cccc2)ncc1[Si](C)(C)C.[Ir]. The summed E-state index contributed by atoms with van der Waals surface area (Å²) >= 11 is 1.86. The molecule has 313 valence electrons. The minimum Gasteiger partial charge on any atom is -0.350 e. The van der Waals surface area contributed by atoms with Crippen molar-refractivity contribution in [3.05, 3.63) is 151 Å². The monoisotopic (exact) mass is 1030 g/mol. The van der Waals surface area contributed by atoms with Crippen LogP contribution in [-0.4, -0.2) is 30.7 Å². The van der Waals surface area contributed by atoms with E-state index in [1.807, 2.05) is 29.5 Å². The van der Waals surface area contributed by atoms with E-state index < -0.39 is 16.1 Å². The number of nitrogens with zero attached hydrogens (tertiary/aromatic N) is 3. The van der Waals surface area contributed by atoms with E-state index in [1.54, 1.807) is 0 Å². The summed E-state index contributed by atoms with van der Waals surface area (Å²) in [6.45, 7) is 23.6. The molecule has 0 fully saturated rings. The molecule has 0 spiro atoms. The molecule has 0 bridgehead atoms. The van der Waals surface area contributed by atoms with E-state index in [0.717, 1.165) is 35.4 Å². The van der Waals surface area contributed by atoms with Crippen LogP contribution in [0.5, 0.6) is 0 Å². The van der Waals surface area contributed by atoms with E-state index in [2.05, 4.69) is 198 Å². The molecule has 0 amide bonds. The fraction of sp³-hybridized carbons (Fsp3) is 0.259. The van der Waals surface area contributed by atoms with Gasteiger partial charge in [0.05, 0.1) is 16.1 Å². The molecule has 4 heterocycles. The molecule has 0 atom stereocenters. The van der Waals surface area contributed by atoms with Gasteiger partial charge in [-0.15, -0.1) is 53.6 Å². The van der Waals surface area contributed by atoms with Gasteiger partial charge in [0.25, 0.3) is 0 Å². The summed E-state index contributed by atoms with van der Waals surface area (Å²) in [5.74, 6) is 1.26. The van der Waals surface area contributed by atoms with Crippen molar-refractivity contribution in [3.8, 4) is 28.2 Å². The topological polar surface area (TPSA) is 30.7 Å².